The number of piperidine rings is 1. The van der Waals surface area contributed by atoms with E-state index in [0.29, 0.717) is 41.9 Å². The molecule has 1 atom stereocenters. The van der Waals surface area contributed by atoms with Crippen LogP contribution in [0.25, 0.3) is 5.65 Å². The zero-order chi connectivity index (χ0) is 32.5. The molecule has 1 saturated carbocycles. The van der Waals surface area contributed by atoms with Crippen molar-refractivity contribution in [1.82, 2.24) is 19.5 Å². The molecule has 3 amide bonds. The number of nitrogens with zero attached hydrogens (tertiary/aromatic N) is 5. The van der Waals surface area contributed by atoms with E-state index in [1.807, 2.05) is 19.9 Å². The van der Waals surface area contributed by atoms with E-state index >= 15 is 0 Å². The van der Waals surface area contributed by atoms with Crippen molar-refractivity contribution in [2.75, 3.05) is 22.1 Å². The van der Waals surface area contributed by atoms with Crippen LogP contribution < -0.4 is 15.5 Å². The lowest BCUT2D eigenvalue weighted by atomic mass is 9.88. The molecule has 2 fully saturated rings. The van der Waals surface area contributed by atoms with E-state index in [9.17, 15) is 19.5 Å². The van der Waals surface area contributed by atoms with Gasteiger partial charge in [0.15, 0.2) is 5.65 Å². The number of fused-ring (bicyclic) bond motifs is 1. The summed E-state index contributed by atoms with van der Waals surface area (Å²) in [6, 6.07) is 8.78. The summed E-state index contributed by atoms with van der Waals surface area (Å²) in [5.74, 6) is 5.93. The molecular weight excluding hydrogens is 574 g/mol. The molecule has 1 saturated heterocycles. The summed E-state index contributed by atoms with van der Waals surface area (Å²) in [6.07, 6.45) is 3.79. The zero-order valence-electron chi connectivity index (χ0n) is 26.7. The van der Waals surface area contributed by atoms with Crippen LogP contribution in [0.1, 0.15) is 84.3 Å². The van der Waals surface area contributed by atoms with Crippen LogP contribution in [-0.2, 0) is 16.1 Å². The maximum absolute atomic E-state index is 13.9. The molecule has 0 unspecified atom stereocenters. The first-order chi connectivity index (χ1) is 21.2. The van der Waals surface area contributed by atoms with Gasteiger partial charge in [0.05, 0.1) is 12.7 Å². The fraction of sp³-hybridized carbons (Fsp3) is 0.485. The molecular formula is C33H41N7O5. The van der Waals surface area contributed by atoms with Crippen LogP contribution in [0, 0.1) is 11.8 Å². The summed E-state index contributed by atoms with van der Waals surface area (Å²) < 4.78 is 7.53. The number of anilines is 3. The summed E-state index contributed by atoms with van der Waals surface area (Å²) in [5.41, 5.74) is 1.69. The fourth-order valence-electron chi connectivity index (χ4n) is 5.56. The van der Waals surface area contributed by atoms with Crippen molar-refractivity contribution >= 4 is 41.1 Å². The Bertz CT molecular complexity index is 1680. The smallest absolute Gasteiger partial charge is 0.416 e. The Kier molecular flexibility index (Phi) is 8.65. The number of nitrogens with one attached hydrogen (secondary N) is 2. The second-order valence-electron chi connectivity index (χ2n) is 13.3. The highest BCUT2D eigenvalue weighted by molar-refractivity contribution is 6.03. The average Bonchev–Trinajstić information content (AvgIpc) is 3.70. The molecule has 0 spiro atoms. The van der Waals surface area contributed by atoms with E-state index in [-0.39, 0.29) is 12.6 Å². The number of benzene rings is 1. The molecule has 1 aromatic carbocycles. The van der Waals surface area contributed by atoms with Crippen LogP contribution in [-0.4, -0.2) is 66.4 Å². The molecule has 2 aliphatic rings. The minimum Gasteiger partial charge on any atom is -0.465 e. The van der Waals surface area contributed by atoms with E-state index in [4.69, 9.17) is 9.72 Å². The number of carbonyl (C=O) groups is 3. The van der Waals surface area contributed by atoms with Crippen molar-refractivity contribution in [2.45, 2.75) is 96.9 Å². The van der Waals surface area contributed by atoms with Gasteiger partial charge in [0.25, 0.3) is 5.91 Å². The first kappa shape index (κ1) is 31.6. The van der Waals surface area contributed by atoms with Gasteiger partial charge >= 0.3 is 12.2 Å². The van der Waals surface area contributed by atoms with Gasteiger partial charge in [-0.15, -0.1) is 0 Å². The van der Waals surface area contributed by atoms with Crippen LogP contribution in [0.3, 0.4) is 0 Å². The van der Waals surface area contributed by atoms with E-state index in [1.165, 1.54) is 9.80 Å². The number of likely N-dealkylation sites (tertiary alicyclic amines) is 1. The minimum absolute atomic E-state index is 0.111. The first-order valence-corrected chi connectivity index (χ1v) is 15.2. The minimum atomic E-state index is -0.960. The maximum atomic E-state index is 13.9. The van der Waals surface area contributed by atoms with Gasteiger partial charge in [-0.05, 0) is 96.8 Å². The lowest BCUT2D eigenvalue weighted by Gasteiger charge is -2.44. The fourth-order valence-corrected chi connectivity index (χ4v) is 5.56. The number of ether oxygens (including phenoxy) is 1. The molecule has 3 aromatic rings. The molecule has 3 N–H and O–H groups in total. The number of carbonyl (C=O) groups excluding carboxylic acids is 2. The standard InChI is InChI=1S/C33H41N7O5/c1-7-9-27(41)36-23-11-8-10-21(16-23)19-38(31(44)45-32(2,3)4)28-17-26(37-29-25(22-12-13-22)18-34-40(28)29)35-24-14-15-33(5,6)39(20-24)30(42)43/h8,10-11,16-18,22,24H,12-15,19-20H2,1-6H3,(H,35,37)(H,36,41)(H,42,43)/t24-/m0/s1. The third-order valence-electron chi connectivity index (χ3n) is 7.97. The van der Waals surface area contributed by atoms with Crippen LogP contribution >= 0.6 is 0 Å². The number of aromatic nitrogens is 3. The molecule has 238 valence electrons. The number of amides is 3. The van der Waals surface area contributed by atoms with Gasteiger partial charge in [0.1, 0.15) is 17.2 Å². The Morgan fingerprint density at radius 2 is 1.93 bits per heavy atom. The van der Waals surface area contributed by atoms with Crippen molar-refractivity contribution in [3.05, 3.63) is 47.7 Å². The Labute approximate surface area is 263 Å². The maximum Gasteiger partial charge on any atom is 0.416 e. The van der Waals surface area contributed by atoms with Crippen molar-refractivity contribution < 1.29 is 24.2 Å². The van der Waals surface area contributed by atoms with E-state index < -0.39 is 29.2 Å². The van der Waals surface area contributed by atoms with Gasteiger partial charge < -0.3 is 25.4 Å². The van der Waals surface area contributed by atoms with Crippen LogP contribution in [0.2, 0.25) is 0 Å². The SMILES string of the molecule is CC#CC(=O)Nc1cccc(CN(C(=O)OC(C)(C)C)c2cc(N[C@H]3CCC(C)(C)N(C(=O)O)C3)nc3c(C4CC4)cnn23)c1. The number of hydrogen-bond donors (Lipinski definition) is 3. The summed E-state index contributed by atoms with van der Waals surface area (Å²) in [6.45, 7) is 11.3. The Morgan fingerprint density at radius 3 is 2.60 bits per heavy atom. The van der Waals surface area contributed by atoms with E-state index in [1.54, 1.807) is 62.7 Å². The molecule has 0 radical (unpaired) electrons. The summed E-state index contributed by atoms with van der Waals surface area (Å²) in [4.78, 5) is 45.9. The summed E-state index contributed by atoms with van der Waals surface area (Å²) in [5, 5.41) is 20.7. The van der Waals surface area contributed by atoms with Gasteiger partial charge in [-0.25, -0.2) is 14.6 Å². The molecule has 0 bridgehead atoms. The van der Waals surface area contributed by atoms with Crippen molar-refractivity contribution in [3.63, 3.8) is 0 Å². The highest BCUT2D eigenvalue weighted by Gasteiger charge is 2.38. The lowest BCUT2D eigenvalue weighted by Crippen LogP contribution is -2.55. The second kappa shape index (κ2) is 12.3. The lowest BCUT2D eigenvalue weighted by molar-refractivity contribution is -0.111. The monoisotopic (exact) mass is 615 g/mol. The number of hydrogen-bond acceptors (Lipinski definition) is 7. The molecule has 12 heteroatoms. The van der Waals surface area contributed by atoms with E-state index in [0.717, 1.165) is 30.4 Å². The summed E-state index contributed by atoms with van der Waals surface area (Å²) >= 11 is 0. The van der Waals surface area contributed by atoms with Gasteiger partial charge in [0, 0.05) is 35.4 Å². The Morgan fingerprint density at radius 1 is 1.18 bits per heavy atom. The van der Waals surface area contributed by atoms with Gasteiger partial charge in [-0.1, -0.05) is 18.1 Å². The average molecular weight is 616 g/mol. The predicted molar refractivity (Wildman–Crippen MR) is 171 cm³/mol. The van der Waals surface area contributed by atoms with Gasteiger partial charge in [-0.3, -0.25) is 9.69 Å². The van der Waals surface area contributed by atoms with Crippen molar-refractivity contribution in [2.24, 2.45) is 0 Å². The second-order valence-corrected chi connectivity index (χ2v) is 13.3. The number of rotatable bonds is 7. The molecule has 2 aromatic heterocycles. The van der Waals surface area contributed by atoms with Crippen LogP contribution in [0.15, 0.2) is 36.5 Å². The highest BCUT2D eigenvalue weighted by Crippen LogP contribution is 2.42. The normalized spacial score (nSPS) is 17.6. The molecule has 12 nitrogen and oxygen atoms in total. The quantitative estimate of drug-likeness (QED) is 0.282. The largest absolute Gasteiger partial charge is 0.465 e. The Balaban J connectivity index is 1.55. The third-order valence-corrected chi connectivity index (χ3v) is 7.97. The van der Waals surface area contributed by atoms with Gasteiger partial charge in [-0.2, -0.15) is 9.61 Å². The van der Waals surface area contributed by atoms with E-state index in [2.05, 4.69) is 27.6 Å². The molecule has 1 aliphatic heterocycles. The molecule has 45 heavy (non-hydrogen) atoms. The van der Waals surface area contributed by atoms with Crippen molar-refractivity contribution in [1.29, 1.82) is 0 Å². The molecule has 1 aliphatic carbocycles. The van der Waals surface area contributed by atoms with Crippen LogP contribution in [0.4, 0.5) is 26.9 Å². The number of carboxylic acid groups (broad SMARTS) is 1. The zero-order valence-corrected chi connectivity index (χ0v) is 26.7. The first-order valence-electron chi connectivity index (χ1n) is 15.2. The van der Waals surface area contributed by atoms with Crippen molar-refractivity contribution in [3.8, 4) is 11.8 Å². The molecule has 5 rings (SSSR count). The summed E-state index contributed by atoms with van der Waals surface area (Å²) in [7, 11) is 0. The highest BCUT2D eigenvalue weighted by atomic mass is 16.6. The topological polar surface area (TPSA) is 141 Å². The predicted octanol–water partition coefficient (Wildman–Crippen LogP) is 5.84. The Hall–Kier alpha value is -4.79. The van der Waals surface area contributed by atoms with Crippen LogP contribution in [0.5, 0.6) is 0 Å². The third kappa shape index (κ3) is 7.48. The van der Waals surface area contributed by atoms with Gasteiger partial charge in [0.2, 0.25) is 0 Å². The molecule has 3 heterocycles.